The summed E-state index contributed by atoms with van der Waals surface area (Å²) in [5.74, 6) is 0.495. The maximum atomic E-state index is 14.9. The molecule has 0 atom stereocenters. The Bertz CT molecular complexity index is 1220. The minimum atomic E-state index is -0.336. The van der Waals surface area contributed by atoms with E-state index in [0.29, 0.717) is 43.5 Å². The third-order valence-corrected chi connectivity index (χ3v) is 5.30. The zero-order valence-corrected chi connectivity index (χ0v) is 16.3. The molecule has 0 spiro atoms. The van der Waals surface area contributed by atoms with Gasteiger partial charge in [-0.05, 0) is 53.1 Å². The maximum absolute atomic E-state index is 14.9. The molecule has 1 saturated heterocycles. The van der Waals surface area contributed by atoms with Crippen molar-refractivity contribution in [2.45, 2.75) is 0 Å². The van der Waals surface area contributed by atoms with Crippen LogP contribution in [0.3, 0.4) is 0 Å². The molecule has 5 rings (SSSR count). The molecule has 1 fully saturated rings. The molecule has 150 valence electrons. The third-order valence-electron chi connectivity index (χ3n) is 5.30. The predicted molar refractivity (Wildman–Crippen MR) is 116 cm³/mol. The number of fused-ring (bicyclic) bond motifs is 1. The van der Waals surface area contributed by atoms with Crippen LogP contribution in [0.4, 0.5) is 16.0 Å². The lowest BCUT2D eigenvalue weighted by atomic mass is 9.98. The van der Waals surface area contributed by atoms with E-state index in [1.807, 2.05) is 41.3 Å². The van der Waals surface area contributed by atoms with Gasteiger partial charge in [0.05, 0.1) is 18.7 Å². The van der Waals surface area contributed by atoms with Gasteiger partial charge in [-0.15, -0.1) is 0 Å². The number of nitrogens with zero attached hydrogens (tertiary/aromatic N) is 4. The van der Waals surface area contributed by atoms with E-state index in [1.54, 1.807) is 24.7 Å². The van der Waals surface area contributed by atoms with Gasteiger partial charge in [-0.25, -0.2) is 14.4 Å². The number of hydrogen-bond acceptors (Lipinski definition) is 6. The normalized spacial score (nSPS) is 14.2. The number of ether oxygens (including phenoxy) is 1. The highest BCUT2D eigenvalue weighted by atomic mass is 19.1. The molecule has 4 aromatic rings. The zero-order valence-electron chi connectivity index (χ0n) is 16.3. The van der Waals surface area contributed by atoms with Gasteiger partial charge in [0.25, 0.3) is 0 Å². The van der Waals surface area contributed by atoms with Crippen LogP contribution >= 0.6 is 0 Å². The monoisotopic (exact) mass is 401 g/mol. The Morgan fingerprint density at radius 3 is 2.47 bits per heavy atom. The van der Waals surface area contributed by atoms with Crippen LogP contribution in [0, 0.1) is 5.82 Å². The van der Waals surface area contributed by atoms with Gasteiger partial charge in [-0.3, -0.25) is 4.98 Å². The molecule has 4 heterocycles. The van der Waals surface area contributed by atoms with E-state index in [-0.39, 0.29) is 5.82 Å². The topological polar surface area (TPSA) is 77.2 Å². The summed E-state index contributed by atoms with van der Waals surface area (Å²) in [6.45, 7) is 2.44. The largest absolute Gasteiger partial charge is 0.384 e. The number of morpholine rings is 1. The Morgan fingerprint density at radius 2 is 1.67 bits per heavy atom. The fourth-order valence-corrected chi connectivity index (χ4v) is 3.79. The maximum Gasteiger partial charge on any atom is 0.166 e. The fraction of sp³-hybridized carbons (Fsp3) is 0.174. The SMILES string of the molecule is Nc1cc(-c2ccc3nccc(-c4cnc(N5CCOCC5)c(F)c4)c3c2)ccn1. The number of pyridine rings is 3. The Hall–Kier alpha value is -3.58. The van der Waals surface area contributed by atoms with Gasteiger partial charge < -0.3 is 15.4 Å². The summed E-state index contributed by atoms with van der Waals surface area (Å²) in [6.07, 6.45) is 5.14. The first kappa shape index (κ1) is 18.4. The van der Waals surface area contributed by atoms with E-state index < -0.39 is 0 Å². The highest BCUT2D eigenvalue weighted by Crippen LogP contribution is 2.32. The van der Waals surface area contributed by atoms with Crippen LogP contribution in [0.15, 0.2) is 61.1 Å². The number of nitrogen functional groups attached to an aromatic ring is 1. The minimum Gasteiger partial charge on any atom is -0.384 e. The van der Waals surface area contributed by atoms with Gasteiger partial charge in [-0.1, -0.05) is 6.07 Å². The molecule has 1 aromatic carbocycles. The van der Waals surface area contributed by atoms with Crippen molar-refractivity contribution in [1.82, 2.24) is 15.0 Å². The summed E-state index contributed by atoms with van der Waals surface area (Å²) >= 11 is 0. The van der Waals surface area contributed by atoms with Crippen LogP contribution in [0.1, 0.15) is 0 Å². The average Bonchev–Trinajstić information content (AvgIpc) is 2.79. The van der Waals surface area contributed by atoms with Crippen LogP contribution in [0.25, 0.3) is 33.2 Å². The van der Waals surface area contributed by atoms with Crippen LogP contribution in [0.2, 0.25) is 0 Å². The lowest BCUT2D eigenvalue weighted by Gasteiger charge is -2.28. The first-order valence-electron chi connectivity index (χ1n) is 9.78. The van der Waals surface area contributed by atoms with E-state index in [2.05, 4.69) is 15.0 Å². The molecule has 0 saturated carbocycles. The molecule has 30 heavy (non-hydrogen) atoms. The smallest absolute Gasteiger partial charge is 0.166 e. The molecule has 2 N–H and O–H groups in total. The van der Waals surface area contributed by atoms with Gasteiger partial charge in [-0.2, -0.15) is 0 Å². The van der Waals surface area contributed by atoms with E-state index in [1.165, 1.54) is 0 Å². The van der Waals surface area contributed by atoms with Crippen molar-refractivity contribution in [3.05, 3.63) is 66.9 Å². The van der Waals surface area contributed by atoms with Gasteiger partial charge in [0.1, 0.15) is 5.82 Å². The van der Waals surface area contributed by atoms with Crippen molar-refractivity contribution < 1.29 is 9.13 Å². The summed E-state index contributed by atoms with van der Waals surface area (Å²) in [4.78, 5) is 14.9. The highest BCUT2D eigenvalue weighted by molar-refractivity contribution is 5.96. The van der Waals surface area contributed by atoms with Crippen LogP contribution in [-0.4, -0.2) is 41.3 Å². The van der Waals surface area contributed by atoms with Crippen molar-refractivity contribution in [2.24, 2.45) is 0 Å². The summed E-state index contributed by atoms with van der Waals surface area (Å²) < 4.78 is 20.3. The first-order valence-corrected chi connectivity index (χ1v) is 9.78. The molecule has 7 heteroatoms. The van der Waals surface area contributed by atoms with Crippen LogP contribution in [0.5, 0.6) is 0 Å². The first-order chi connectivity index (χ1) is 14.7. The second-order valence-electron chi connectivity index (χ2n) is 7.19. The van der Waals surface area contributed by atoms with Crippen molar-refractivity contribution in [3.8, 4) is 22.3 Å². The number of halogens is 1. The Kier molecular flexibility index (Phi) is 4.72. The zero-order chi connectivity index (χ0) is 20.5. The van der Waals surface area contributed by atoms with Crippen molar-refractivity contribution >= 4 is 22.5 Å². The van der Waals surface area contributed by atoms with E-state index in [0.717, 1.165) is 27.6 Å². The molecule has 0 amide bonds. The number of anilines is 2. The minimum absolute atomic E-state index is 0.336. The molecule has 3 aromatic heterocycles. The van der Waals surface area contributed by atoms with E-state index in [9.17, 15) is 4.39 Å². The standard InChI is InChI=1S/C23H20FN5O/c24-20-12-17(14-28-23(20)29-7-9-30-10-8-29)18-4-6-26-21-2-1-15(11-19(18)21)16-3-5-27-22(25)13-16/h1-6,11-14H,7-10H2,(H2,25,27). The number of benzene rings is 1. The summed E-state index contributed by atoms with van der Waals surface area (Å²) in [7, 11) is 0. The van der Waals surface area contributed by atoms with Gasteiger partial charge in [0.2, 0.25) is 0 Å². The molecule has 0 bridgehead atoms. The van der Waals surface area contributed by atoms with Crippen molar-refractivity contribution in [1.29, 1.82) is 0 Å². The number of rotatable bonds is 3. The molecule has 1 aliphatic rings. The molecule has 0 aliphatic carbocycles. The van der Waals surface area contributed by atoms with E-state index in [4.69, 9.17) is 10.5 Å². The number of aromatic nitrogens is 3. The molecule has 6 nitrogen and oxygen atoms in total. The molecular weight excluding hydrogens is 381 g/mol. The van der Waals surface area contributed by atoms with Crippen LogP contribution in [-0.2, 0) is 4.74 Å². The summed E-state index contributed by atoms with van der Waals surface area (Å²) in [5.41, 5.74) is 10.2. The average molecular weight is 401 g/mol. The molecule has 0 unspecified atom stereocenters. The molecular formula is C23H20FN5O. The predicted octanol–water partition coefficient (Wildman–Crippen LogP) is 3.92. The Labute approximate surface area is 173 Å². The molecule has 0 radical (unpaired) electrons. The Balaban J connectivity index is 1.58. The van der Waals surface area contributed by atoms with Crippen LogP contribution < -0.4 is 10.6 Å². The highest BCUT2D eigenvalue weighted by Gasteiger charge is 2.18. The third kappa shape index (κ3) is 3.44. The second kappa shape index (κ2) is 7.68. The lowest BCUT2D eigenvalue weighted by Crippen LogP contribution is -2.37. The Morgan fingerprint density at radius 1 is 0.867 bits per heavy atom. The van der Waals surface area contributed by atoms with Gasteiger partial charge in [0.15, 0.2) is 11.6 Å². The van der Waals surface area contributed by atoms with Crippen molar-refractivity contribution in [2.75, 3.05) is 36.9 Å². The number of nitrogens with two attached hydrogens (primary N) is 1. The van der Waals surface area contributed by atoms with Crippen molar-refractivity contribution in [3.63, 3.8) is 0 Å². The van der Waals surface area contributed by atoms with Gasteiger partial charge >= 0.3 is 0 Å². The summed E-state index contributed by atoms with van der Waals surface area (Å²) in [5, 5.41) is 0.922. The quantitative estimate of drug-likeness (QED) is 0.561. The lowest BCUT2D eigenvalue weighted by molar-refractivity contribution is 0.122. The summed E-state index contributed by atoms with van der Waals surface area (Å²) in [6, 6.07) is 13.2. The van der Waals surface area contributed by atoms with Gasteiger partial charge in [0, 0.05) is 42.6 Å². The second-order valence-corrected chi connectivity index (χ2v) is 7.19. The van der Waals surface area contributed by atoms with E-state index >= 15 is 0 Å². The fourth-order valence-electron chi connectivity index (χ4n) is 3.79. The number of hydrogen-bond donors (Lipinski definition) is 1. The molecule has 1 aliphatic heterocycles.